The van der Waals surface area contributed by atoms with Crippen LogP contribution in [0.2, 0.25) is 0 Å². The van der Waals surface area contributed by atoms with Crippen LogP contribution in [-0.2, 0) is 11.3 Å². The average Bonchev–Trinajstić information content (AvgIpc) is 3.18. The molecule has 0 bridgehead atoms. The molecule has 29 heavy (non-hydrogen) atoms. The molecule has 0 aliphatic rings. The second-order valence-electron chi connectivity index (χ2n) is 6.20. The number of anilines is 1. The van der Waals surface area contributed by atoms with Crippen LogP contribution in [0.3, 0.4) is 0 Å². The zero-order valence-electron chi connectivity index (χ0n) is 16.3. The van der Waals surface area contributed by atoms with Crippen molar-refractivity contribution in [2.75, 3.05) is 18.9 Å². The van der Waals surface area contributed by atoms with E-state index in [2.05, 4.69) is 25.9 Å². The summed E-state index contributed by atoms with van der Waals surface area (Å²) in [5, 5.41) is 8.90. The minimum absolute atomic E-state index is 0. The zero-order valence-corrected chi connectivity index (χ0v) is 18.6. The highest BCUT2D eigenvalue weighted by atomic mass is 127. The quantitative estimate of drug-likeness (QED) is 0.271. The lowest BCUT2D eigenvalue weighted by atomic mass is 10.1. The highest BCUT2D eigenvalue weighted by Crippen LogP contribution is 2.18. The number of para-hydroxylation sites is 1. The summed E-state index contributed by atoms with van der Waals surface area (Å²) < 4.78 is 5.55. The molecule has 3 N–H and O–H groups in total. The van der Waals surface area contributed by atoms with E-state index in [1.54, 1.807) is 13.3 Å². The molecule has 0 unspecified atom stereocenters. The van der Waals surface area contributed by atoms with Crippen molar-refractivity contribution < 1.29 is 9.21 Å². The number of oxazole rings is 1. The number of aryl methyl sites for hydroxylation is 1. The Hall–Kier alpha value is -2.88. The fourth-order valence-corrected chi connectivity index (χ4v) is 2.50. The molecule has 0 saturated carbocycles. The Balaban J connectivity index is 0.00000300. The maximum atomic E-state index is 12.0. The lowest BCUT2D eigenvalue weighted by Gasteiger charge is -2.11. The summed E-state index contributed by atoms with van der Waals surface area (Å²) in [7, 11) is 1.64. The van der Waals surface area contributed by atoms with E-state index < -0.39 is 0 Å². The van der Waals surface area contributed by atoms with Gasteiger partial charge in [0.1, 0.15) is 6.26 Å². The van der Waals surface area contributed by atoms with E-state index in [9.17, 15) is 4.79 Å². The Morgan fingerprint density at radius 2 is 1.79 bits per heavy atom. The van der Waals surface area contributed by atoms with Crippen molar-refractivity contribution in [2.24, 2.45) is 4.99 Å². The third kappa shape index (κ3) is 6.90. The monoisotopic (exact) mass is 505 g/mol. The van der Waals surface area contributed by atoms with Gasteiger partial charge in [-0.15, -0.1) is 24.0 Å². The van der Waals surface area contributed by atoms with Crippen LogP contribution in [0.4, 0.5) is 5.69 Å². The number of amides is 1. The first-order valence-corrected chi connectivity index (χ1v) is 8.95. The van der Waals surface area contributed by atoms with Crippen molar-refractivity contribution in [3.05, 3.63) is 72.1 Å². The van der Waals surface area contributed by atoms with E-state index in [0.29, 0.717) is 18.4 Å². The number of halogens is 1. The topological polar surface area (TPSA) is 91.5 Å². The normalized spacial score (nSPS) is 10.8. The van der Waals surface area contributed by atoms with Crippen molar-refractivity contribution in [1.29, 1.82) is 0 Å². The first-order valence-electron chi connectivity index (χ1n) is 8.95. The molecule has 8 heteroatoms. The van der Waals surface area contributed by atoms with Crippen LogP contribution >= 0.6 is 24.0 Å². The average molecular weight is 505 g/mol. The van der Waals surface area contributed by atoms with Crippen molar-refractivity contribution >= 4 is 41.5 Å². The minimum Gasteiger partial charge on any atom is -0.444 e. The van der Waals surface area contributed by atoms with E-state index in [0.717, 1.165) is 16.9 Å². The van der Waals surface area contributed by atoms with E-state index in [1.165, 1.54) is 5.56 Å². The number of aromatic nitrogens is 1. The molecule has 0 aliphatic carbocycles. The molecule has 1 heterocycles. The van der Waals surface area contributed by atoms with Crippen molar-refractivity contribution in [1.82, 2.24) is 15.6 Å². The fraction of sp³-hybridized carbons (Fsp3) is 0.190. The van der Waals surface area contributed by atoms with E-state index in [-0.39, 0.29) is 36.4 Å². The number of benzene rings is 2. The highest BCUT2D eigenvalue weighted by molar-refractivity contribution is 14.0. The summed E-state index contributed by atoms with van der Waals surface area (Å²) in [6, 6.07) is 17.3. The molecule has 2 aromatic carbocycles. The number of hydrogen-bond donors (Lipinski definition) is 3. The summed E-state index contributed by atoms with van der Waals surface area (Å²) in [5.74, 6) is 0.919. The van der Waals surface area contributed by atoms with Gasteiger partial charge in [-0.3, -0.25) is 9.79 Å². The Labute approximate surface area is 187 Å². The molecule has 1 aromatic heterocycles. The van der Waals surface area contributed by atoms with Gasteiger partial charge in [-0.1, -0.05) is 35.9 Å². The number of rotatable bonds is 6. The van der Waals surface area contributed by atoms with Gasteiger partial charge in [0, 0.05) is 18.3 Å². The number of nitrogens with one attached hydrogen (secondary N) is 3. The van der Waals surface area contributed by atoms with Crippen LogP contribution in [-0.4, -0.2) is 30.4 Å². The maximum absolute atomic E-state index is 12.0. The van der Waals surface area contributed by atoms with E-state index in [1.807, 2.05) is 61.5 Å². The Kier molecular flexibility index (Phi) is 8.66. The Morgan fingerprint density at radius 3 is 2.48 bits per heavy atom. The van der Waals surface area contributed by atoms with Crippen LogP contribution in [0.25, 0.3) is 11.5 Å². The SMILES string of the molecule is CN=C(NCC(=O)Nc1ccccc1)NCc1coc(-c2ccc(C)cc2)n1.I. The smallest absolute Gasteiger partial charge is 0.243 e. The van der Waals surface area contributed by atoms with Gasteiger partial charge in [0.05, 0.1) is 18.8 Å². The molecule has 0 aliphatic heterocycles. The first kappa shape index (κ1) is 22.4. The number of aliphatic imine (C=N–C) groups is 1. The van der Waals surface area contributed by atoms with Crippen molar-refractivity contribution in [3.63, 3.8) is 0 Å². The van der Waals surface area contributed by atoms with E-state index >= 15 is 0 Å². The number of guanidine groups is 1. The lowest BCUT2D eigenvalue weighted by Crippen LogP contribution is -2.41. The van der Waals surface area contributed by atoms with Gasteiger partial charge in [0.15, 0.2) is 5.96 Å². The second-order valence-corrected chi connectivity index (χ2v) is 6.20. The Morgan fingerprint density at radius 1 is 1.07 bits per heavy atom. The van der Waals surface area contributed by atoms with Gasteiger partial charge in [-0.25, -0.2) is 4.98 Å². The number of carbonyl (C=O) groups is 1. The van der Waals surface area contributed by atoms with Crippen molar-refractivity contribution in [3.8, 4) is 11.5 Å². The number of hydrogen-bond acceptors (Lipinski definition) is 4. The first-order chi connectivity index (χ1) is 13.6. The second kappa shape index (κ2) is 11.2. The fourth-order valence-electron chi connectivity index (χ4n) is 2.50. The third-order valence-corrected chi connectivity index (χ3v) is 3.98. The summed E-state index contributed by atoms with van der Waals surface area (Å²) in [6.45, 7) is 2.56. The van der Waals surface area contributed by atoms with Gasteiger partial charge in [-0.2, -0.15) is 0 Å². The molecular formula is C21H24IN5O2. The van der Waals surface area contributed by atoms with Crippen LogP contribution in [0.1, 0.15) is 11.3 Å². The largest absolute Gasteiger partial charge is 0.444 e. The summed E-state index contributed by atoms with van der Waals surface area (Å²) in [4.78, 5) is 20.6. The van der Waals surface area contributed by atoms with Crippen LogP contribution in [0, 0.1) is 6.92 Å². The van der Waals surface area contributed by atoms with E-state index in [4.69, 9.17) is 4.42 Å². The molecule has 0 saturated heterocycles. The summed E-state index contributed by atoms with van der Waals surface area (Å²) in [5.41, 5.74) is 3.61. The lowest BCUT2D eigenvalue weighted by molar-refractivity contribution is -0.115. The standard InChI is InChI=1S/C21H23N5O2.HI/c1-15-8-10-16(11-9-15)20-26-18(14-28-20)12-23-21(22-2)24-13-19(27)25-17-6-4-3-5-7-17;/h3-11,14H,12-13H2,1-2H3,(H,25,27)(H2,22,23,24);1H. The van der Waals surface area contributed by atoms with Crippen LogP contribution < -0.4 is 16.0 Å². The van der Waals surface area contributed by atoms with Gasteiger partial charge in [0.25, 0.3) is 0 Å². The van der Waals surface area contributed by atoms with Crippen molar-refractivity contribution in [2.45, 2.75) is 13.5 Å². The zero-order chi connectivity index (χ0) is 19.8. The summed E-state index contributed by atoms with van der Waals surface area (Å²) >= 11 is 0. The van der Waals surface area contributed by atoms with Gasteiger partial charge in [-0.05, 0) is 31.2 Å². The van der Waals surface area contributed by atoms with Crippen LogP contribution in [0.15, 0.2) is 70.3 Å². The molecular weight excluding hydrogens is 481 g/mol. The highest BCUT2D eigenvalue weighted by Gasteiger charge is 2.08. The van der Waals surface area contributed by atoms with Gasteiger partial charge >= 0.3 is 0 Å². The molecule has 0 spiro atoms. The molecule has 3 rings (SSSR count). The number of nitrogens with zero attached hydrogens (tertiary/aromatic N) is 2. The molecule has 0 fully saturated rings. The molecule has 1 amide bonds. The molecule has 152 valence electrons. The summed E-state index contributed by atoms with van der Waals surface area (Å²) in [6.07, 6.45) is 1.61. The maximum Gasteiger partial charge on any atom is 0.243 e. The minimum atomic E-state index is -0.155. The number of carbonyl (C=O) groups excluding carboxylic acids is 1. The molecule has 3 aromatic rings. The Bertz CT molecular complexity index is 939. The molecule has 0 radical (unpaired) electrons. The van der Waals surface area contributed by atoms with Gasteiger partial charge in [0.2, 0.25) is 11.8 Å². The predicted molar refractivity (Wildman–Crippen MR) is 125 cm³/mol. The van der Waals surface area contributed by atoms with Gasteiger partial charge < -0.3 is 20.4 Å². The predicted octanol–water partition coefficient (Wildman–Crippen LogP) is 3.57. The van der Waals surface area contributed by atoms with Crippen LogP contribution in [0.5, 0.6) is 0 Å². The molecule has 0 atom stereocenters. The molecule has 7 nitrogen and oxygen atoms in total. The third-order valence-electron chi connectivity index (χ3n) is 3.98.